The molecule has 0 aromatic heterocycles. The molecule has 7 heteroatoms. The summed E-state index contributed by atoms with van der Waals surface area (Å²) < 4.78 is 18.9. The molecule has 2 aromatic carbocycles. The maximum Gasteiger partial charge on any atom is 0.252 e. The average Bonchev–Trinajstić information content (AvgIpc) is 3.83. The van der Waals surface area contributed by atoms with Crippen molar-refractivity contribution in [1.29, 1.82) is 0 Å². The molecule has 3 aliphatic carbocycles. The highest BCUT2D eigenvalue weighted by Gasteiger charge is 2.82. The van der Waals surface area contributed by atoms with Crippen molar-refractivity contribution in [2.75, 3.05) is 20.2 Å². The number of epoxide rings is 1. The van der Waals surface area contributed by atoms with E-state index in [1.165, 1.54) is 18.4 Å². The van der Waals surface area contributed by atoms with Crippen LogP contribution in [-0.4, -0.2) is 65.6 Å². The first-order chi connectivity index (χ1) is 18.0. The minimum Gasteiger partial charge on any atom is -0.493 e. The molecular weight excluding hydrogens is 468 g/mol. The molecule has 2 N–H and O–H groups in total. The van der Waals surface area contributed by atoms with E-state index >= 15 is 0 Å². The molecule has 2 saturated heterocycles. The lowest BCUT2D eigenvalue weighted by atomic mass is 9.47. The summed E-state index contributed by atoms with van der Waals surface area (Å²) in [5.74, 6) is 2.11. The van der Waals surface area contributed by atoms with Crippen LogP contribution in [0.5, 0.6) is 11.5 Å². The van der Waals surface area contributed by atoms with E-state index < -0.39 is 28.8 Å². The molecule has 194 valence electrons. The van der Waals surface area contributed by atoms with E-state index in [9.17, 15) is 9.90 Å². The molecule has 6 aliphatic rings. The molecule has 0 radical (unpaired) electrons. The van der Waals surface area contributed by atoms with E-state index in [4.69, 9.17) is 14.2 Å². The van der Waals surface area contributed by atoms with Gasteiger partial charge in [-0.1, -0.05) is 36.4 Å². The summed E-state index contributed by atoms with van der Waals surface area (Å²) in [6, 6.07) is 14.1. The van der Waals surface area contributed by atoms with Gasteiger partial charge in [0, 0.05) is 24.7 Å². The minimum atomic E-state index is -0.919. The highest BCUT2D eigenvalue weighted by atomic mass is 16.7. The van der Waals surface area contributed by atoms with E-state index in [1.54, 1.807) is 7.11 Å². The van der Waals surface area contributed by atoms with Crippen LogP contribution in [0, 0.1) is 5.92 Å². The van der Waals surface area contributed by atoms with Gasteiger partial charge in [-0.2, -0.15) is 0 Å². The number of carbonyl (C=O) groups is 1. The van der Waals surface area contributed by atoms with Crippen LogP contribution in [0.15, 0.2) is 42.5 Å². The molecule has 4 fully saturated rings. The fourth-order valence-electron chi connectivity index (χ4n) is 8.39. The Labute approximate surface area is 217 Å². The summed E-state index contributed by atoms with van der Waals surface area (Å²) in [5.41, 5.74) is 1.17. The topological polar surface area (TPSA) is 83.6 Å². The summed E-state index contributed by atoms with van der Waals surface area (Å²) in [7, 11) is 1.67. The van der Waals surface area contributed by atoms with Crippen molar-refractivity contribution in [2.45, 2.75) is 79.9 Å². The number of likely N-dealkylation sites (tertiary alicyclic amines) is 1. The Bertz CT molecular complexity index is 1280. The SMILES string of the molecule is COc1ccc2c3c1O[C@H]1[C@]4(CC[C@@]5(O)[C@@H](C2)N(CC2CC2)CC[C@]315)O[C@H]4C(=O)NCc1ccccc1. The second-order valence-electron chi connectivity index (χ2n) is 12.1. The number of nitrogens with one attached hydrogen (secondary N) is 1. The smallest absolute Gasteiger partial charge is 0.252 e. The number of hydrogen-bond acceptors (Lipinski definition) is 6. The van der Waals surface area contributed by atoms with Crippen molar-refractivity contribution >= 4 is 5.91 Å². The first kappa shape index (κ1) is 22.4. The number of amides is 1. The van der Waals surface area contributed by atoms with Crippen LogP contribution >= 0.6 is 0 Å². The van der Waals surface area contributed by atoms with Crippen LogP contribution < -0.4 is 14.8 Å². The summed E-state index contributed by atoms with van der Waals surface area (Å²) in [4.78, 5) is 15.9. The number of hydrogen-bond donors (Lipinski definition) is 2. The van der Waals surface area contributed by atoms with E-state index in [1.807, 2.05) is 36.4 Å². The predicted molar refractivity (Wildman–Crippen MR) is 136 cm³/mol. The van der Waals surface area contributed by atoms with Crippen molar-refractivity contribution in [2.24, 2.45) is 5.92 Å². The van der Waals surface area contributed by atoms with Gasteiger partial charge in [0.25, 0.3) is 5.91 Å². The second kappa shape index (κ2) is 7.49. The summed E-state index contributed by atoms with van der Waals surface area (Å²) in [5, 5.41) is 15.8. The number of methoxy groups -OCH3 is 1. The van der Waals surface area contributed by atoms with Gasteiger partial charge in [-0.05, 0) is 68.2 Å². The molecule has 1 amide bonds. The Morgan fingerprint density at radius 1 is 1.16 bits per heavy atom. The monoisotopic (exact) mass is 502 g/mol. The van der Waals surface area contributed by atoms with Crippen molar-refractivity contribution in [1.82, 2.24) is 10.2 Å². The first-order valence-corrected chi connectivity index (χ1v) is 13.8. The number of aliphatic hydroxyl groups is 1. The van der Waals surface area contributed by atoms with Crippen LogP contribution in [0.3, 0.4) is 0 Å². The van der Waals surface area contributed by atoms with Crippen LogP contribution in [0.25, 0.3) is 0 Å². The third kappa shape index (κ3) is 2.85. The number of rotatable bonds is 6. The van der Waals surface area contributed by atoms with Crippen LogP contribution in [0.4, 0.5) is 0 Å². The Balaban J connectivity index is 1.17. The molecule has 0 unspecified atom stereocenters. The van der Waals surface area contributed by atoms with Crippen LogP contribution in [-0.2, 0) is 27.9 Å². The lowest BCUT2D eigenvalue weighted by Gasteiger charge is -2.64. The van der Waals surface area contributed by atoms with E-state index in [0.29, 0.717) is 25.1 Å². The number of carbonyl (C=O) groups excluding carboxylic acids is 1. The first-order valence-electron chi connectivity index (χ1n) is 13.8. The van der Waals surface area contributed by atoms with Crippen molar-refractivity contribution in [3.8, 4) is 11.5 Å². The van der Waals surface area contributed by atoms with Gasteiger partial charge in [-0.25, -0.2) is 0 Å². The molecule has 2 spiro atoms. The van der Waals surface area contributed by atoms with Gasteiger partial charge in [-0.3, -0.25) is 9.69 Å². The van der Waals surface area contributed by atoms with Gasteiger partial charge in [0.05, 0.1) is 18.1 Å². The van der Waals surface area contributed by atoms with E-state index in [-0.39, 0.29) is 11.9 Å². The lowest BCUT2D eigenvalue weighted by Crippen LogP contribution is -2.78. The minimum absolute atomic E-state index is 0.0567. The fraction of sp³-hybridized carbons (Fsp3) is 0.567. The van der Waals surface area contributed by atoms with Gasteiger partial charge in [-0.15, -0.1) is 0 Å². The zero-order valence-corrected chi connectivity index (χ0v) is 21.2. The third-order valence-electron chi connectivity index (χ3n) is 10.3. The largest absolute Gasteiger partial charge is 0.493 e. The third-order valence-corrected chi connectivity index (χ3v) is 10.3. The standard InChI is InChI=1S/C30H34N2O5/c1-35-21-10-9-20-15-22-30(34)12-11-29(25(37-29)26(33)31-16-18-5-3-2-4-6-18)27-28(30,23(20)24(21)36-27)13-14-32(22)17-19-7-8-19/h2-6,9-10,19,22,25,27,34H,7-8,11-17H2,1H3,(H,31,33)/t22-,25+,27-,28+,29-,30-/m1/s1. The number of ether oxygens (including phenoxy) is 3. The molecular formula is C30H34N2O5. The molecule has 3 heterocycles. The predicted octanol–water partition coefficient (Wildman–Crippen LogP) is 2.71. The van der Waals surface area contributed by atoms with Crippen molar-refractivity contribution in [3.05, 3.63) is 59.2 Å². The summed E-state index contributed by atoms with van der Waals surface area (Å²) >= 11 is 0. The van der Waals surface area contributed by atoms with Crippen molar-refractivity contribution < 1.29 is 24.1 Å². The Hall–Kier alpha value is -2.61. The van der Waals surface area contributed by atoms with Gasteiger partial charge in [0.2, 0.25) is 0 Å². The van der Waals surface area contributed by atoms with Crippen LogP contribution in [0.1, 0.15) is 48.8 Å². The van der Waals surface area contributed by atoms with Gasteiger partial charge in [0.1, 0.15) is 11.7 Å². The van der Waals surface area contributed by atoms with Crippen molar-refractivity contribution in [3.63, 3.8) is 0 Å². The molecule has 2 aromatic rings. The quantitative estimate of drug-likeness (QED) is 0.591. The zero-order chi connectivity index (χ0) is 25.0. The Kier molecular flexibility index (Phi) is 4.53. The Morgan fingerprint density at radius 2 is 2.00 bits per heavy atom. The fourth-order valence-corrected chi connectivity index (χ4v) is 8.39. The average molecular weight is 503 g/mol. The second-order valence-corrected chi connectivity index (χ2v) is 12.1. The number of piperidine rings is 1. The van der Waals surface area contributed by atoms with E-state index in [0.717, 1.165) is 48.7 Å². The molecule has 2 bridgehead atoms. The lowest BCUT2D eigenvalue weighted by molar-refractivity contribution is -0.201. The van der Waals surface area contributed by atoms with Gasteiger partial charge >= 0.3 is 0 Å². The Morgan fingerprint density at radius 3 is 2.78 bits per heavy atom. The number of nitrogens with zero attached hydrogens (tertiary/aromatic N) is 1. The highest BCUT2D eigenvalue weighted by molar-refractivity contribution is 5.85. The van der Waals surface area contributed by atoms with E-state index in [2.05, 4.69) is 16.3 Å². The zero-order valence-electron chi connectivity index (χ0n) is 21.2. The molecule has 7 nitrogen and oxygen atoms in total. The molecule has 6 atom stereocenters. The number of fused-ring (bicyclic) bond motifs is 1. The maximum absolute atomic E-state index is 13.3. The normalized spacial score (nSPS) is 38.6. The maximum atomic E-state index is 13.3. The molecule has 2 saturated carbocycles. The summed E-state index contributed by atoms with van der Waals surface area (Å²) in [6.07, 6.45) is 4.45. The van der Waals surface area contributed by atoms with Gasteiger partial charge < -0.3 is 24.6 Å². The highest BCUT2D eigenvalue weighted by Crippen LogP contribution is 2.70. The molecule has 8 rings (SSSR count). The number of benzene rings is 2. The molecule has 37 heavy (non-hydrogen) atoms. The van der Waals surface area contributed by atoms with Crippen LogP contribution in [0.2, 0.25) is 0 Å². The molecule has 3 aliphatic heterocycles. The van der Waals surface area contributed by atoms with Gasteiger partial charge in [0.15, 0.2) is 17.6 Å². The summed E-state index contributed by atoms with van der Waals surface area (Å²) in [6.45, 7) is 2.46.